The highest BCUT2D eigenvalue weighted by atomic mass is 35.5. The van der Waals surface area contributed by atoms with Crippen LogP contribution in [0.5, 0.6) is 0 Å². The average Bonchev–Trinajstić information content (AvgIpc) is 3.43. The van der Waals surface area contributed by atoms with Crippen LogP contribution in [0.25, 0.3) is 0 Å². The van der Waals surface area contributed by atoms with Crippen LogP contribution in [0, 0.1) is 12.8 Å². The topological polar surface area (TPSA) is 92.4 Å². The van der Waals surface area contributed by atoms with Crippen LogP contribution in [0.2, 0.25) is 5.02 Å². The Balaban J connectivity index is 1.36. The zero-order valence-electron chi connectivity index (χ0n) is 18.2. The second-order valence-electron chi connectivity index (χ2n) is 8.56. The van der Waals surface area contributed by atoms with Gasteiger partial charge in [-0.15, -0.1) is 11.3 Å². The number of nitrogens with zero attached hydrogens (tertiary/aromatic N) is 1. The smallest absolute Gasteiger partial charge is 0.262 e. The number of anilines is 1. The summed E-state index contributed by atoms with van der Waals surface area (Å²) < 4.78 is 5.15. The Morgan fingerprint density at radius 1 is 1.28 bits per heavy atom. The van der Waals surface area contributed by atoms with Crippen molar-refractivity contribution < 1.29 is 14.3 Å². The van der Waals surface area contributed by atoms with Gasteiger partial charge in [-0.1, -0.05) is 37.3 Å². The molecule has 2 aliphatic rings. The summed E-state index contributed by atoms with van der Waals surface area (Å²) >= 11 is 7.45. The van der Waals surface area contributed by atoms with Crippen molar-refractivity contribution in [2.45, 2.75) is 57.7 Å². The summed E-state index contributed by atoms with van der Waals surface area (Å²) in [6, 6.07) is 5.11. The van der Waals surface area contributed by atoms with Gasteiger partial charge in [0, 0.05) is 17.6 Å². The molecule has 1 aliphatic carbocycles. The molecule has 2 aromatic heterocycles. The van der Waals surface area contributed by atoms with E-state index in [-0.39, 0.29) is 17.9 Å². The van der Waals surface area contributed by atoms with Gasteiger partial charge in [0.15, 0.2) is 0 Å². The number of thiophene rings is 1. The minimum atomic E-state index is -0.518. The summed E-state index contributed by atoms with van der Waals surface area (Å²) in [5.74, 6) is 0.173. The fourth-order valence-electron chi connectivity index (χ4n) is 4.12. The maximum absolute atomic E-state index is 12.9. The lowest BCUT2D eigenvalue weighted by Gasteiger charge is -2.29. The van der Waals surface area contributed by atoms with Gasteiger partial charge in [0.25, 0.3) is 5.91 Å². The van der Waals surface area contributed by atoms with Crippen molar-refractivity contribution in [1.82, 2.24) is 15.6 Å². The molecule has 7 nitrogen and oxygen atoms in total. The number of rotatable bonds is 9. The number of ether oxygens (including phenoxy) is 1. The van der Waals surface area contributed by atoms with Crippen molar-refractivity contribution in [3.8, 4) is 0 Å². The first-order chi connectivity index (χ1) is 15.5. The van der Waals surface area contributed by atoms with E-state index < -0.39 is 6.04 Å². The monoisotopic (exact) mass is 476 g/mol. The lowest BCUT2D eigenvalue weighted by Crippen LogP contribution is -2.55. The maximum Gasteiger partial charge on any atom is 0.262 e. The van der Waals surface area contributed by atoms with E-state index in [2.05, 4.69) is 20.9 Å². The molecule has 0 aromatic carbocycles. The maximum atomic E-state index is 12.9. The van der Waals surface area contributed by atoms with E-state index in [1.807, 2.05) is 25.1 Å². The van der Waals surface area contributed by atoms with Crippen LogP contribution >= 0.6 is 22.9 Å². The molecule has 1 saturated heterocycles. The van der Waals surface area contributed by atoms with Crippen LogP contribution in [0.3, 0.4) is 0 Å². The quantitative estimate of drug-likeness (QED) is 0.510. The molecule has 0 spiro atoms. The van der Waals surface area contributed by atoms with E-state index >= 15 is 0 Å². The molecule has 3 N–H and O–H groups in total. The van der Waals surface area contributed by atoms with E-state index in [0.29, 0.717) is 42.0 Å². The molecule has 2 aromatic rings. The van der Waals surface area contributed by atoms with Gasteiger partial charge in [-0.2, -0.15) is 0 Å². The Hall–Kier alpha value is -2.16. The van der Waals surface area contributed by atoms with Crippen molar-refractivity contribution >= 4 is 40.4 Å². The standard InChI is InChI=1S/C23H29ClN4O3S/c1-14-19(9-16(24)10-25-14)26-11-18-6-7-21(32-18)23(30)28-20(8-15-4-2-3-5-15)22(29)27-17-12-31-13-17/h6-7,9-10,15,17,20,26H,2-5,8,11-13H2,1H3,(H,27,29)(H,28,30)/t20-/m0/s1. The molecule has 1 atom stereocenters. The molecule has 2 amide bonds. The van der Waals surface area contributed by atoms with Gasteiger partial charge >= 0.3 is 0 Å². The number of hydrogen-bond donors (Lipinski definition) is 3. The Morgan fingerprint density at radius 3 is 2.78 bits per heavy atom. The van der Waals surface area contributed by atoms with E-state index in [0.717, 1.165) is 29.1 Å². The molecule has 0 unspecified atom stereocenters. The predicted octanol–water partition coefficient (Wildman–Crippen LogP) is 3.91. The minimum Gasteiger partial charge on any atom is -0.379 e. The molecule has 3 heterocycles. The largest absolute Gasteiger partial charge is 0.379 e. The molecule has 9 heteroatoms. The lowest BCUT2D eigenvalue weighted by atomic mass is 9.97. The number of carbonyl (C=O) groups is 2. The van der Waals surface area contributed by atoms with Gasteiger partial charge in [-0.3, -0.25) is 14.6 Å². The second kappa shape index (κ2) is 10.6. The Bertz CT molecular complexity index is 956. The summed E-state index contributed by atoms with van der Waals surface area (Å²) in [4.78, 5) is 31.6. The van der Waals surface area contributed by atoms with Gasteiger partial charge in [-0.05, 0) is 37.5 Å². The van der Waals surface area contributed by atoms with Crippen molar-refractivity contribution in [2.24, 2.45) is 5.92 Å². The predicted molar refractivity (Wildman–Crippen MR) is 126 cm³/mol. The van der Waals surface area contributed by atoms with Crippen LogP contribution in [0.4, 0.5) is 5.69 Å². The third-order valence-corrected chi connectivity index (χ3v) is 7.33. The van der Waals surface area contributed by atoms with Crippen molar-refractivity contribution in [3.05, 3.63) is 44.9 Å². The van der Waals surface area contributed by atoms with E-state index in [1.165, 1.54) is 24.2 Å². The zero-order valence-corrected chi connectivity index (χ0v) is 19.7. The Kier molecular flexibility index (Phi) is 7.65. The van der Waals surface area contributed by atoms with Gasteiger partial charge in [0.2, 0.25) is 5.91 Å². The van der Waals surface area contributed by atoms with E-state index in [9.17, 15) is 9.59 Å². The first-order valence-corrected chi connectivity index (χ1v) is 12.3. The highest BCUT2D eigenvalue weighted by molar-refractivity contribution is 7.14. The highest BCUT2D eigenvalue weighted by Gasteiger charge is 2.30. The summed E-state index contributed by atoms with van der Waals surface area (Å²) in [5, 5.41) is 9.88. The van der Waals surface area contributed by atoms with Crippen molar-refractivity contribution in [1.29, 1.82) is 0 Å². The molecule has 4 rings (SSSR count). The number of aromatic nitrogens is 1. The van der Waals surface area contributed by atoms with E-state index in [1.54, 1.807) is 6.20 Å². The molecule has 0 radical (unpaired) electrons. The summed E-state index contributed by atoms with van der Waals surface area (Å²) in [6.45, 7) is 3.56. The van der Waals surface area contributed by atoms with Gasteiger partial charge in [0.05, 0.1) is 40.5 Å². The molecule has 1 aliphatic heterocycles. The fraction of sp³-hybridized carbons (Fsp3) is 0.522. The van der Waals surface area contributed by atoms with Gasteiger partial charge < -0.3 is 20.7 Å². The van der Waals surface area contributed by atoms with Crippen molar-refractivity contribution in [3.63, 3.8) is 0 Å². The summed E-state index contributed by atoms with van der Waals surface area (Å²) in [7, 11) is 0. The van der Waals surface area contributed by atoms with Crippen LogP contribution in [0.15, 0.2) is 24.4 Å². The first-order valence-electron chi connectivity index (χ1n) is 11.1. The van der Waals surface area contributed by atoms with Gasteiger partial charge in [-0.25, -0.2) is 0 Å². The summed E-state index contributed by atoms with van der Waals surface area (Å²) in [6.07, 6.45) is 6.95. The summed E-state index contributed by atoms with van der Waals surface area (Å²) in [5.41, 5.74) is 1.73. The average molecular weight is 477 g/mol. The van der Waals surface area contributed by atoms with Crippen LogP contribution in [-0.4, -0.2) is 42.1 Å². The fourth-order valence-corrected chi connectivity index (χ4v) is 5.13. The first kappa shape index (κ1) is 23.0. The van der Waals surface area contributed by atoms with Crippen LogP contribution in [0.1, 0.15) is 52.3 Å². The lowest BCUT2D eigenvalue weighted by molar-refractivity contribution is -0.127. The molecule has 2 fully saturated rings. The second-order valence-corrected chi connectivity index (χ2v) is 10.2. The molecule has 0 bridgehead atoms. The third kappa shape index (κ3) is 5.99. The number of nitrogens with one attached hydrogen (secondary N) is 3. The SMILES string of the molecule is Cc1ncc(Cl)cc1NCc1ccc(C(=O)N[C@@H](CC2CCCC2)C(=O)NC2COC2)s1. The molecular weight excluding hydrogens is 448 g/mol. The normalized spacial score (nSPS) is 17.6. The van der Waals surface area contributed by atoms with E-state index in [4.69, 9.17) is 16.3 Å². The number of pyridine rings is 1. The molecular formula is C23H29ClN4O3S. The van der Waals surface area contributed by atoms with Crippen LogP contribution < -0.4 is 16.0 Å². The molecule has 1 saturated carbocycles. The number of amides is 2. The molecule has 32 heavy (non-hydrogen) atoms. The number of halogens is 1. The minimum absolute atomic E-state index is 0.0503. The zero-order chi connectivity index (χ0) is 22.5. The van der Waals surface area contributed by atoms with Crippen LogP contribution in [-0.2, 0) is 16.1 Å². The molecule has 172 valence electrons. The Morgan fingerprint density at radius 2 is 2.06 bits per heavy atom. The third-order valence-electron chi connectivity index (χ3n) is 6.04. The van der Waals surface area contributed by atoms with Gasteiger partial charge in [0.1, 0.15) is 6.04 Å². The number of aryl methyl sites for hydroxylation is 1. The highest BCUT2D eigenvalue weighted by Crippen LogP contribution is 2.29. The Labute approximate surface area is 197 Å². The number of carbonyl (C=O) groups excluding carboxylic acids is 2. The number of hydrogen-bond acceptors (Lipinski definition) is 6. The van der Waals surface area contributed by atoms with Crippen molar-refractivity contribution in [2.75, 3.05) is 18.5 Å².